The van der Waals surface area contributed by atoms with Crippen molar-refractivity contribution in [2.24, 2.45) is 0 Å². The topological polar surface area (TPSA) is 375 Å². The highest BCUT2D eigenvalue weighted by molar-refractivity contribution is 5.78. The van der Waals surface area contributed by atoms with Crippen LogP contribution in [-0.2, 0) is 33.3 Å². The standard InChI is InChI=1S/C25H44N2O20/c1-8(32)26-9(3-28)21(16(37)11(34)4-29)46-23-20(41)19(40)18(39)13(45-23)7-44-25(24(42)43)2-10(33)15(27-14(36)6-31)22(47-25)17(38)12(35)5-30/h9-13,15-23,28-31,33-35,37-41H,2-7H2,1H3,(H,26,32)(H,27,36)(H,42,43)/t9-,10-,11+,12+,13+,15+,16-,17+,18-,19-,20+,21+,22+,23-,25+/m0/s1. The lowest BCUT2D eigenvalue weighted by Crippen LogP contribution is -2.69. The quantitative estimate of drug-likeness (QED) is 0.0672. The molecule has 22 nitrogen and oxygen atoms in total. The number of hydrogen-bond donors (Lipinski definition) is 15. The molecule has 0 aromatic heterocycles. The number of carboxylic acids is 1. The summed E-state index contributed by atoms with van der Waals surface area (Å²) in [6.45, 7) is -4.13. The highest BCUT2D eigenvalue weighted by Crippen LogP contribution is 2.35. The van der Waals surface area contributed by atoms with Crippen molar-refractivity contribution in [3.63, 3.8) is 0 Å². The summed E-state index contributed by atoms with van der Waals surface area (Å²) in [5.74, 6) is -6.71. The van der Waals surface area contributed by atoms with Gasteiger partial charge >= 0.3 is 5.97 Å². The van der Waals surface area contributed by atoms with E-state index in [1.807, 2.05) is 0 Å². The molecule has 15 atom stereocenters. The minimum absolute atomic E-state index is 0.739. The molecule has 2 rings (SSSR count). The van der Waals surface area contributed by atoms with Crippen molar-refractivity contribution in [2.45, 2.75) is 105 Å². The third kappa shape index (κ3) is 9.91. The Hall–Kier alpha value is -2.23. The summed E-state index contributed by atoms with van der Waals surface area (Å²) >= 11 is 0. The van der Waals surface area contributed by atoms with E-state index in [1.165, 1.54) is 0 Å². The molecule has 2 saturated heterocycles. The fourth-order valence-corrected chi connectivity index (χ4v) is 5.05. The Morgan fingerprint density at radius 1 is 0.915 bits per heavy atom. The zero-order valence-electron chi connectivity index (χ0n) is 25.0. The number of carbonyl (C=O) groups is 3. The number of amides is 2. The van der Waals surface area contributed by atoms with Crippen LogP contribution in [0.5, 0.6) is 0 Å². The highest BCUT2D eigenvalue weighted by atomic mass is 16.7. The van der Waals surface area contributed by atoms with Crippen LogP contribution in [0.2, 0.25) is 0 Å². The summed E-state index contributed by atoms with van der Waals surface area (Å²) in [6.07, 6.45) is -25.0. The Balaban J connectivity index is 2.38. The molecule has 22 heteroatoms. The predicted molar refractivity (Wildman–Crippen MR) is 145 cm³/mol. The van der Waals surface area contributed by atoms with Gasteiger partial charge in [0, 0.05) is 13.3 Å². The summed E-state index contributed by atoms with van der Waals surface area (Å²) in [4.78, 5) is 35.9. The highest BCUT2D eigenvalue weighted by Gasteiger charge is 2.57. The SMILES string of the molecule is CC(=O)N[C@@H](CO)[C@@H](O[C@@H]1O[C@H](CO[C@]2(C(=O)O)C[C@H](O)[C@@H](NC(=O)CO)[C@H]([C@H](O)[C@H](O)CO)O2)[C@H](O)[C@H](O)[C@H]1O)[C@@H](O)[C@H](O)CO. The second-order valence-corrected chi connectivity index (χ2v) is 11.1. The molecule has 2 aliphatic rings. The lowest BCUT2D eigenvalue weighted by Gasteiger charge is -2.47. The molecular weight excluding hydrogens is 648 g/mol. The largest absolute Gasteiger partial charge is 0.477 e. The van der Waals surface area contributed by atoms with Gasteiger partial charge in [0.05, 0.1) is 44.6 Å². The number of rotatable bonds is 17. The van der Waals surface area contributed by atoms with Crippen molar-refractivity contribution in [2.75, 3.05) is 33.0 Å². The maximum atomic E-state index is 12.4. The Morgan fingerprint density at radius 2 is 1.53 bits per heavy atom. The van der Waals surface area contributed by atoms with Crippen molar-refractivity contribution < 1.29 is 99.7 Å². The van der Waals surface area contributed by atoms with Gasteiger partial charge in [0.25, 0.3) is 5.79 Å². The number of nitrogens with one attached hydrogen (secondary N) is 2. The van der Waals surface area contributed by atoms with Gasteiger partial charge in [-0.1, -0.05) is 0 Å². The Labute approximate surface area is 266 Å². The maximum absolute atomic E-state index is 12.4. The average Bonchev–Trinajstić information content (AvgIpc) is 3.04. The first-order valence-electron chi connectivity index (χ1n) is 14.3. The Kier molecular flexibility index (Phi) is 15.6. The van der Waals surface area contributed by atoms with E-state index in [4.69, 9.17) is 24.1 Å². The minimum atomic E-state index is -2.93. The van der Waals surface area contributed by atoms with Crippen LogP contribution < -0.4 is 10.6 Å². The van der Waals surface area contributed by atoms with Crippen LogP contribution in [0.4, 0.5) is 0 Å². The van der Waals surface area contributed by atoms with Crippen LogP contribution >= 0.6 is 0 Å². The molecule has 2 fully saturated rings. The van der Waals surface area contributed by atoms with Crippen LogP contribution in [0, 0.1) is 0 Å². The third-order valence-corrected chi connectivity index (χ3v) is 7.63. The van der Waals surface area contributed by atoms with Crippen molar-refractivity contribution in [1.82, 2.24) is 10.6 Å². The van der Waals surface area contributed by atoms with Gasteiger partial charge in [-0.2, -0.15) is 0 Å². The summed E-state index contributed by atoms with van der Waals surface area (Å²) in [5.41, 5.74) is 0. The molecule has 2 aliphatic heterocycles. The maximum Gasteiger partial charge on any atom is 0.364 e. The Bertz CT molecular complexity index is 1030. The van der Waals surface area contributed by atoms with Crippen molar-refractivity contribution in [1.29, 1.82) is 0 Å². The van der Waals surface area contributed by atoms with E-state index >= 15 is 0 Å². The number of carboxylic acid groups (broad SMARTS) is 1. The van der Waals surface area contributed by atoms with Crippen molar-refractivity contribution >= 4 is 17.8 Å². The van der Waals surface area contributed by atoms with E-state index in [1.54, 1.807) is 0 Å². The molecule has 2 amide bonds. The first-order valence-corrected chi connectivity index (χ1v) is 14.3. The summed E-state index contributed by atoms with van der Waals surface area (Å²) in [7, 11) is 0. The minimum Gasteiger partial charge on any atom is -0.477 e. The lowest BCUT2D eigenvalue weighted by atomic mass is 9.88. The molecule has 0 aliphatic carbocycles. The zero-order chi connectivity index (χ0) is 35.8. The third-order valence-electron chi connectivity index (χ3n) is 7.63. The van der Waals surface area contributed by atoms with Gasteiger partial charge in [0.2, 0.25) is 11.8 Å². The summed E-state index contributed by atoms with van der Waals surface area (Å²) in [5, 5.41) is 135. The van der Waals surface area contributed by atoms with E-state index in [0.717, 1.165) is 6.92 Å². The van der Waals surface area contributed by atoms with Crippen LogP contribution in [0.25, 0.3) is 0 Å². The second-order valence-electron chi connectivity index (χ2n) is 11.1. The number of aliphatic hydroxyl groups excluding tert-OH is 12. The smallest absolute Gasteiger partial charge is 0.364 e. The van der Waals surface area contributed by atoms with Gasteiger partial charge < -0.3 is 96.0 Å². The molecule has 2 heterocycles. The van der Waals surface area contributed by atoms with Gasteiger partial charge in [0.15, 0.2) is 6.29 Å². The summed E-state index contributed by atoms with van der Waals surface area (Å²) in [6, 6.07) is -3.16. The van der Waals surface area contributed by atoms with Crippen molar-refractivity contribution in [3.05, 3.63) is 0 Å². The fraction of sp³-hybridized carbons (Fsp3) is 0.880. The zero-order valence-corrected chi connectivity index (χ0v) is 25.0. The molecule has 0 aromatic carbocycles. The fourth-order valence-electron chi connectivity index (χ4n) is 5.05. The van der Waals surface area contributed by atoms with Gasteiger partial charge in [0.1, 0.15) is 67.6 Å². The molecule has 0 spiro atoms. The molecule has 0 unspecified atom stereocenters. The normalized spacial score (nSPS) is 35.2. The average molecular weight is 693 g/mol. The van der Waals surface area contributed by atoms with E-state index in [0.29, 0.717) is 0 Å². The van der Waals surface area contributed by atoms with Crippen molar-refractivity contribution in [3.8, 4) is 0 Å². The number of aliphatic hydroxyl groups is 12. The monoisotopic (exact) mass is 692 g/mol. The number of carbonyl (C=O) groups excluding carboxylic acids is 2. The van der Waals surface area contributed by atoms with Gasteiger partial charge in [-0.05, 0) is 0 Å². The van der Waals surface area contributed by atoms with E-state index in [2.05, 4.69) is 10.6 Å². The molecule has 47 heavy (non-hydrogen) atoms. The number of ether oxygens (including phenoxy) is 4. The van der Waals surface area contributed by atoms with Gasteiger partial charge in [-0.3, -0.25) is 9.59 Å². The van der Waals surface area contributed by atoms with Crippen LogP contribution in [0.3, 0.4) is 0 Å². The Morgan fingerprint density at radius 3 is 2.04 bits per heavy atom. The first kappa shape index (κ1) is 40.9. The summed E-state index contributed by atoms with van der Waals surface area (Å²) < 4.78 is 21.8. The van der Waals surface area contributed by atoms with E-state index in [-0.39, 0.29) is 0 Å². The second kappa shape index (κ2) is 18.0. The molecule has 0 bridgehead atoms. The molecule has 0 saturated carbocycles. The van der Waals surface area contributed by atoms with Gasteiger partial charge in [-0.15, -0.1) is 0 Å². The van der Waals surface area contributed by atoms with Crippen LogP contribution in [0.15, 0.2) is 0 Å². The lowest BCUT2D eigenvalue weighted by molar-refractivity contribution is -0.346. The van der Waals surface area contributed by atoms with Gasteiger partial charge in [-0.25, -0.2) is 4.79 Å². The van der Waals surface area contributed by atoms with Crippen LogP contribution in [0.1, 0.15) is 13.3 Å². The predicted octanol–water partition coefficient (Wildman–Crippen LogP) is -9.47. The molecule has 15 N–H and O–H groups in total. The molecule has 274 valence electrons. The first-order chi connectivity index (χ1) is 22.0. The number of hydrogen-bond acceptors (Lipinski definition) is 19. The van der Waals surface area contributed by atoms with E-state index in [9.17, 15) is 75.7 Å². The van der Waals surface area contributed by atoms with E-state index < -0.39 is 149 Å². The number of aliphatic carboxylic acids is 1. The molecular formula is C25H44N2O20. The molecule has 0 aromatic rings. The molecule has 0 radical (unpaired) electrons. The van der Waals surface area contributed by atoms with Crippen LogP contribution in [-0.4, -0.2) is 209 Å².